The third-order valence-corrected chi connectivity index (χ3v) is 4.27. The van der Waals surface area contributed by atoms with E-state index in [-0.39, 0.29) is 4.13 Å². The van der Waals surface area contributed by atoms with Crippen LogP contribution in [0.15, 0.2) is 0 Å². The highest BCUT2D eigenvalue weighted by Crippen LogP contribution is 2.15. The summed E-state index contributed by atoms with van der Waals surface area (Å²) in [5.74, 6) is 0. The van der Waals surface area contributed by atoms with Crippen LogP contribution in [-0.2, 0) is 25.6 Å². The maximum absolute atomic E-state index is 11.1. The molecular formula is C8H19F2N2O5S2+. The molecule has 1 aliphatic heterocycles. The van der Waals surface area contributed by atoms with E-state index in [1.54, 1.807) is 7.11 Å². The summed E-state index contributed by atoms with van der Waals surface area (Å²) >= 11 is 0. The van der Waals surface area contributed by atoms with Crippen LogP contribution in [0.25, 0.3) is 0 Å². The molecule has 0 bridgehead atoms. The van der Waals surface area contributed by atoms with Crippen molar-refractivity contribution in [3.63, 3.8) is 0 Å². The van der Waals surface area contributed by atoms with Crippen LogP contribution in [0.5, 0.6) is 0 Å². The van der Waals surface area contributed by atoms with Crippen LogP contribution < -0.4 is 4.13 Å². The SMILES string of the molecule is COCC[N+]1(C)CCCC1.O=S(=O)(F)NS(=O)(=O)F. The molecule has 0 spiro atoms. The van der Waals surface area contributed by atoms with E-state index in [9.17, 15) is 24.6 Å². The van der Waals surface area contributed by atoms with Gasteiger partial charge < -0.3 is 9.22 Å². The van der Waals surface area contributed by atoms with Crippen LogP contribution in [0.3, 0.4) is 0 Å². The van der Waals surface area contributed by atoms with E-state index in [1.165, 1.54) is 37.0 Å². The Morgan fingerprint density at radius 3 is 1.79 bits per heavy atom. The predicted octanol–water partition coefficient (Wildman–Crippen LogP) is -0.122. The molecule has 0 unspecified atom stereocenters. The smallest absolute Gasteiger partial charge is 0.379 e. The fourth-order valence-electron chi connectivity index (χ4n) is 1.75. The molecular weight excluding hydrogens is 306 g/mol. The summed E-state index contributed by atoms with van der Waals surface area (Å²) in [6, 6.07) is 0. The largest absolute Gasteiger partial charge is 0.387 e. The third kappa shape index (κ3) is 11.2. The van der Waals surface area contributed by atoms with Gasteiger partial charge in [0.25, 0.3) is 0 Å². The summed E-state index contributed by atoms with van der Waals surface area (Å²) in [5.41, 5.74) is 0. The fourth-order valence-corrected chi connectivity index (χ4v) is 2.70. The quantitative estimate of drug-likeness (QED) is 0.562. The summed E-state index contributed by atoms with van der Waals surface area (Å²) in [6.07, 6.45) is 2.81. The van der Waals surface area contributed by atoms with Gasteiger partial charge in [-0.25, -0.2) is 0 Å². The zero-order valence-corrected chi connectivity index (χ0v) is 12.4. The maximum atomic E-state index is 11.1. The molecule has 19 heavy (non-hydrogen) atoms. The Labute approximate surface area is 112 Å². The van der Waals surface area contributed by atoms with Gasteiger partial charge in [0.15, 0.2) is 0 Å². The summed E-state index contributed by atoms with van der Waals surface area (Å²) in [5, 5.41) is 0. The monoisotopic (exact) mass is 325 g/mol. The number of hydrogen-bond donors (Lipinski definition) is 1. The molecule has 11 heteroatoms. The molecule has 0 atom stereocenters. The number of halogens is 2. The Morgan fingerprint density at radius 2 is 1.53 bits per heavy atom. The maximum Gasteiger partial charge on any atom is 0.387 e. The van der Waals surface area contributed by atoms with Gasteiger partial charge in [0, 0.05) is 20.0 Å². The van der Waals surface area contributed by atoms with Crippen LogP contribution in [0, 0.1) is 0 Å². The minimum Gasteiger partial charge on any atom is -0.379 e. The first kappa shape index (κ1) is 18.6. The summed E-state index contributed by atoms with van der Waals surface area (Å²) in [7, 11) is -6.88. The summed E-state index contributed by atoms with van der Waals surface area (Å²) in [6.45, 7) is 4.81. The van der Waals surface area contributed by atoms with Gasteiger partial charge in [-0.05, 0) is 0 Å². The van der Waals surface area contributed by atoms with Crippen LogP contribution in [0.1, 0.15) is 12.8 Å². The molecule has 1 N–H and O–H groups in total. The molecule has 0 aromatic rings. The molecule has 0 aromatic heterocycles. The van der Waals surface area contributed by atoms with Crippen molar-refractivity contribution < 1.29 is 33.8 Å². The number of likely N-dealkylation sites (N-methyl/N-ethyl adjacent to an activating group) is 1. The van der Waals surface area contributed by atoms with Gasteiger partial charge in [0.2, 0.25) is 0 Å². The van der Waals surface area contributed by atoms with E-state index in [0.29, 0.717) is 0 Å². The van der Waals surface area contributed by atoms with Crippen molar-refractivity contribution in [2.45, 2.75) is 12.8 Å². The van der Waals surface area contributed by atoms with E-state index < -0.39 is 20.8 Å². The van der Waals surface area contributed by atoms with Gasteiger partial charge in [-0.1, -0.05) is 11.9 Å². The van der Waals surface area contributed by atoms with Crippen molar-refractivity contribution in [3.8, 4) is 0 Å². The van der Waals surface area contributed by atoms with Gasteiger partial charge in [-0.3, -0.25) is 0 Å². The first-order chi connectivity index (χ1) is 8.47. The average Bonchev–Trinajstić information content (AvgIpc) is 2.58. The van der Waals surface area contributed by atoms with Crippen molar-refractivity contribution in [2.24, 2.45) is 0 Å². The lowest BCUT2D eigenvalue weighted by Crippen LogP contribution is -2.43. The third-order valence-electron chi connectivity index (χ3n) is 2.68. The molecule has 0 radical (unpaired) electrons. The second-order valence-corrected chi connectivity index (χ2v) is 6.87. The van der Waals surface area contributed by atoms with Crippen molar-refractivity contribution in [1.82, 2.24) is 4.13 Å². The predicted molar refractivity (Wildman–Crippen MR) is 65.1 cm³/mol. The Kier molecular flexibility index (Phi) is 7.29. The minimum absolute atomic E-state index is 0.0694. The normalized spacial score (nSPS) is 18.7. The first-order valence-corrected chi connectivity index (χ1v) is 8.24. The standard InChI is InChI=1S/C8H18NO.F2HNO4S2/c1-9(7-8-10-2)5-3-4-6-9;1-8(4,5)3-9(2,6)7/h3-8H2,1-2H3;3H/q+1;. The van der Waals surface area contributed by atoms with Crippen molar-refractivity contribution in [3.05, 3.63) is 0 Å². The molecule has 0 amide bonds. The van der Waals surface area contributed by atoms with E-state index >= 15 is 0 Å². The Hall–Kier alpha value is -0.360. The molecule has 1 saturated heterocycles. The second kappa shape index (κ2) is 7.43. The molecule has 1 fully saturated rings. The van der Waals surface area contributed by atoms with Gasteiger partial charge in [0.05, 0.1) is 26.7 Å². The molecule has 0 aliphatic carbocycles. The van der Waals surface area contributed by atoms with Gasteiger partial charge in [-0.2, -0.15) is 16.8 Å². The van der Waals surface area contributed by atoms with Crippen molar-refractivity contribution >= 4 is 20.8 Å². The zero-order chi connectivity index (χ0) is 15.2. The van der Waals surface area contributed by atoms with Crippen molar-refractivity contribution in [2.75, 3.05) is 40.4 Å². The summed E-state index contributed by atoms with van der Waals surface area (Å²) < 4.78 is 65.6. The number of hydrogen-bond acceptors (Lipinski definition) is 5. The Balaban J connectivity index is 0.000000344. The van der Waals surface area contributed by atoms with E-state index in [0.717, 1.165) is 6.61 Å². The minimum atomic E-state index is -5.49. The highest BCUT2D eigenvalue weighted by atomic mass is 32.3. The van der Waals surface area contributed by atoms with Crippen molar-refractivity contribution in [1.29, 1.82) is 0 Å². The lowest BCUT2D eigenvalue weighted by molar-refractivity contribution is -0.897. The first-order valence-electron chi connectivity index (χ1n) is 5.48. The lowest BCUT2D eigenvalue weighted by atomic mass is 10.4. The number of nitrogens with zero attached hydrogens (tertiary/aromatic N) is 1. The van der Waals surface area contributed by atoms with E-state index in [4.69, 9.17) is 4.74 Å². The van der Waals surface area contributed by atoms with Crippen LogP contribution in [-0.4, -0.2) is 61.7 Å². The number of nitrogens with one attached hydrogen (secondary N) is 1. The second-order valence-electron chi connectivity index (χ2n) is 4.45. The van der Waals surface area contributed by atoms with E-state index in [1.807, 2.05) is 0 Å². The van der Waals surface area contributed by atoms with Gasteiger partial charge in [0.1, 0.15) is 6.54 Å². The number of ether oxygens (including phenoxy) is 1. The molecule has 1 aliphatic rings. The topological polar surface area (TPSA) is 89.5 Å². The number of rotatable bonds is 5. The van der Waals surface area contributed by atoms with Crippen LogP contribution in [0.4, 0.5) is 7.77 Å². The molecule has 0 saturated carbocycles. The molecule has 1 rings (SSSR count). The van der Waals surface area contributed by atoms with Gasteiger partial charge in [-0.15, -0.1) is 0 Å². The molecule has 0 aromatic carbocycles. The number of quaternary nitrogens is 1. The zero-order valence-electron chi connectivity index (χ0n) is 10.8. The molecule has 7 nitrogen and oxygen atoms in total. The average molecular weight is 325 g/mol. The van der Waals surface area contributed by atoms with Gasteiger partial charge >= 0.3 is 20.8 Å². The highest BCUT2D eigenvalue weighted by Gasteiger charge is 2.25. The summed E-state index contributed by atoms with van der Waals surface area (Å²) in [4.78, 5) is 0. The highest BCUT2D eigenvalue weighted by molar-refractivity contribution is 7.99. The van der Waals surface area contributed by atoms with Crippen LogP contribution >= 0.6 is 0 Å². The number of likely N-dealkylation sites (tertiary alicyclic amines) is 1. The fraction of sp³-hybridized carbons (Fsp3) is 1.00. The number of methoxy groups -OCH3 is 1. The Morgan fingerprint density at radius 1 is 1.11 bits per heavy atom. The Bertz CT molecular complexity index is 430. The molecule has 116 valence electrons. The molecule has 1 heterocycles. The van der Waals surface area contributed by atoms with E-state index in [2.05, 4.69) is 7.05 Å². The van der Waals surface area contributed by atoms with Crippen LogP contribution in [0.2, 0.25) is 0 Å². The lowest BCUT2D eigenvalue weighted by Gasteiger charge is -2.28.